The number of amides is 1. The number of aromatic nitrogens is 2. The average Bonchev–Trinajstić information content (AvgIpc) is 3.12. The number of nitrogens with one attached hydrogen (secondary N) is 2. The Morgan fingerprint density at radius 1 is 1.30 bits per heavy atom. The Bertz CT molecular complexity index is 1130. The molecule has 1 aliphatic rings. The molecule has 2 aromatic heterocycles. The van der Waals surface area contributed by atoms with Gasteiger partial charge in [-0.2, -0.15) is 0 Å². The lowest BCUT2D eigenvalue weighted by molar-refractivity contribution is 0.0780. The molecule has 30 heavy (non-hydrogen) atoms. The van der Waals surface area contributed by atoms with Crippen molar-refractivity contribution >= 4 is 16.8 Å². The number of H-pyrrole nitrogens is 1. The maximum absolute atomic E-state index is 13.4. The van der Waals surface area contributed by atoms with Gasteiger partial charge >= 0.3 is 0 Å². The molecule has 1 unspecified atom stereocenters. The number of rotatable bonds is 5. The molecule has 3 aromatic rings. The molecule has 2 N–H and O–H groups in total. The SMILES string of the molecule is Cc1ccn(CC2CCCNC2)c(=O)c1C(=O)N(C)Cc1cc2cc(F)ccc2[nH]1. The summed E-state index contributed by atoms with van der Waals surface area (Å²) in [6.45, 7) is 4.62. The van der Waals surface area contributed by atoms with E-state index >= 15 is 0 Å². The summed E-state index contributed by atoms with van der Waals surface area (Å²) in [5.41, 5.74) is 2.25. The fourth-order valence-electron chi connectivity index (χ4n) is 4.19. The maximum atomic E-state index is 13.4. The average molecular weight is 410 g/mol. The van der Waals surface area contributed by atoms with Gasteiger partial charge in [-0.15, -0.1) is 0 Å². The lowest BCUT2D eigenvalue weighted by Gasteiger charge is -2.24. The maximum Gasteiger partial charge on any atom is 0.263 e. The first-order valence-electron chi connectivity index (χ1n) is 10.4. The molecular weight excluding hydrogens is 383 g/mol. The van der Waals surface area contributed by atoms with Crippen LogP contribution >= 0.6 is 0 Å². The van der Waals surface area contributed by atoms with Gasteiger partial charge in [-0.1, -0.05) is 0 Å². The van der Waals surface area contributed by atoms with E-state index in [2.05, 4.69) is 10.3 Å². The van der Waals surface area contributed by atoms with Crippen molar-refractivity contribution in [3.05, 3.63) is 69.5 Å². The van der Waals surface area contributed by atoms with E-state index in [1.807, 2.05) is 12.1 Å². The summed E-state index contributed by atoms with van der Waals surface area (Å²) in [6, 6.07) is 8.20. The predicted molar refractivity (Wildman–Crippen MR) is 115 cm³/mol. The van der Waals surface area contributed by atoms with Crippen LogP contribution < -0.4 is 10.9 Å². The summed E-state index contributed by atoms with van der Waals surface area (Å²) < 4.78 is 15.1. The minimum atomic E-state index is -0.307. The highest BCUT2D eigenvalue weighted by molar-refractivity contribution is 5.95. The lowest BCUT2D eigenvalue weighted by atomic mass is 9.99. The van der Waals surface area contributed by atoms with E-state index in [-0.39, 0.29) is 22.8 Å². The molecule has 1 atom stereocenters. The van der Waals surface area contributed by atoms with Crippen LogP contribution in [0.3, 0.4) is 0 Å². The highest BCUT2D eigenvalue weighted by Gasteiger charge is 2.22. The van der Waals surface area contributed by atoms with Gasteiger partial charge in [0.05, 0.1) is 6.54 Å². The fraction of sp³-hybridized carbons (Fsp3) is 0.391. The van der Waals surface area contributed by atoms with Gasteiger partial charge in [0.25, 0.3) is 11.5 Å². The van der Waals surface area contributed by atoms with E-state index in [1.54, 1.807) is 30.8 Å². The Hall–Kier alpha value is -2.93. The molecule has 0 radical (unpaired) electrons. The number of aryl methyl sites for hydroxylation is 1. The second kappa shape index (κ2) is 8.44. The number of fused-ring (bicyclic) bond motifs is 1. The fourth-order valence-corrected chi connectivity index (χ4v) is 4.19. The Labute approximate surface area is 174 Å². The van der Waals surface area contributed by atoms with Crippen molar-refractivity contribution in [3.63, 3.8) is 0 Å². The zero-order valence-electron chi connectivity index (χ0n) is 17.4. The summed E-state index contributed by atoms with van der Waals surface area (Å²) in [5.74, 6) is -0.212. The first-order valence-corrected chi connectivity index (χ1v) is 10.4. The monoisotopic (exact) mass is 410 g/mol. The Balaban J connectivity index is 1.55. The van der Waals surface area contributed by atoms with Crippen LogP contribution in [0, 0.1) is 18.7 Å². The summed E-state index contributed by atoms with van der Waals surface area (Å²) in [4.78, 5) is 30.9. The molecule has 0 aliphatic carbocycles. The van der Waals surface area contributed by atoms with Crippen LogP contribution in [0.2, 0.25) is 0 Å². The standard InChI is InChI=1S/C23H27FN4O2/c1-15-7-9-28(13-16-4-3-8-25-12-16)23(30)21(15)22(29)27(2)14-19-11-17-10-18(24)5-6-20(17)26-19/h5-7,9-11,16,25-26H,3-4,8,12-14H2,1-2H3. The highest BCUT2D eigenvalue weighted by atomic mass is 19.1. The van der Waals surface area contributed by atoms with Gasteiger partial charge in [0.2, 0.25) is 0 Å². The quantitative estimate of drug-likeness (QED) is 0.679. The van der Waals surface area contributed by atoms with E-state index in [4.69, 9.17) is 0 Å². The normalized spacial score (nSPS) is 16.7. The number of benzene rings is 1. The van der Waals surface area contributed by atoms with Crippen LogP contribution in [0.4, 0.5) is 4.39 Å². The molecule has 1 fully saturated rings. The molecule has 3 heterocycles. The number of halogens is 1. The third kappa shape index (κ3) is 4.16. The lowest BCUT2D eigenvalue weighted by Crippen LogP contribution is -2.38. The number of carbonyl (C=O) groups excluding carboxylic acids is 1. The molecule has 0 bridgehead atoms. The number of hydrogen-bond donors (Lipinski definition) is 2. The van der Waals surface area contributed by atoms with E-state index in [0.29, 0.717) is 24.6 Å². The Kier molecular flexibility index (Phi) is 5.72. The summed E-state index contributed by atoms with van der Waals surface area (Å²) >= 11 is 0. The third-order valence-corrected chi connectivity index (χ3v) is 5.83. The molecule has 1 aliphatic heterocycles. The largest absolute Gasteiger partial charge is 0.357 e. The second-order valence-corrected chi connectivity index (χ2v) is 8.23. The number of hydrogen-bond acceptors (Lipinski definition) is 3. The van der Waals surface area contributed by atoms with Gasteiger partial charge in [0.15, 0.2) is 0 Å². The van der Waals surface area contributed by atoms with Gasteiger partial charge in [-0.05, 0) is 74.7 Å². The van der Waals surface area contributed by atoms with Crippen molar-refractivity contribution in [2.24, 2.45) is 5.92 Å². The van der Waals surface area contributed by atoms with Crippen LogP contribution in [0.25, 0.3) is 10.9 Å². The minimum Gasteiger partial charge on any atom is -0.357 e. The van der Waals surface area contributed by atoms with E-state index in [0.717, 1.165) is 42.5 Å². The topological polar surface area (TPSA) is 70.1 Å². The zero-order valence-corrected chi connectivity index (χ0v) is 17.4. The Morgan fingerprint density at radius 2 is 2.13 bits per heavy atom. The molecule has 6 nitrogen and oxygen atoms in total. The predicted octanol–water partition coefficient (Wildman–Crippen LogP) is 3.05. The summed E-state index contributed by atoms with van der Waals surface area (Å²) in [6.07, 6.45) is 3.97. The molecule has 4 rings (SSSR count). The third-order valence-electron chi connectivity index (χ3n) is 5.83. The first kappa shape index (κ1) is 20.3. The van der Waals surface area contributed by atoms with Crippen molar-refractivity contribution in [1.82, 2.24) is 19.8 Å². The number of piperidine rings is 1. The smallest absolute Gasteiger partial charge is 0.263 e. The van der Waals surface area contributed by atoms with Crippen molar-refractivity contribution < 1.29 is 9.18 Å². The van der Waals surface area contributed by atoms with Gasteiger partial charge < -0.3 is 19.8 Å². The molecule has 0 spiro atoms. The minimum absolute atomic E-state index is 0.214. The number of carbonyl (C=O) groups is 1. The van der Waals surface area contributed by atoms with Crippen molar-refractivity contribution in [3.8, 4) is 0 Å². The summed E-state index contributed by atoms with van der Waals surface area (Å²) in [5, 5.41) is 4.12. The molecule has 0 saturated carbocycles. The summed E-state index contributed by atoms with van der Waals surface area (Å²) in [7, 11) is 1.68. The van der Waals surface area contributed by atoms with E-state index in [1.165, 1.54) is 17.0 Å². The molecule has 7 heteroatoms. The van der Waals surface area contributed by atoms with Crippen LogP contribution in [0.1, 0.15) is 34.5 Å². The van der Waals surface area contributed by atoms with Crippen LogP contribution in [0.15, 0.2) is 41.3 Å². The van der Waals surface area contributed by atoms with E-state index < -0.39 is 0 Å². The van der Waals surface area contributed by atoms with Crippen LogP contribution in [0.5, 0.6) is 0 Å². The van der Waals surface area contributed by atoms with Crippen LogP contribution in [-0.4, -0.2) is 40.5 Å². The molecule has 1 aromatic carbocycles. The van der Waals surface area contributed by atoms with Crippen molar-refractivity contribution in [2.75, 3.05) is 20.1 Å². The van der Waals surface area contributed by atoms with Gasteiger partial charge in [0.1, 0.15) is 11.4 Å². The first-order chi connectivity index (χ1) is 14.4. The second-order valence-electron chi connectivity index (χ2n) is 8.23. The van der Waals surface area contributed by atoms with Crippen molar-refractivity contribution in [2.45, 2.75) is 32.9 Å². The van der Waals surface area contributed by atoms with E-state index in [9.17, 15) is 14.0 Å². The highest BCUT2D eigenvalue weighted by Crippen LogP contribution is 2.18. The van der Waals surface area contributed by atoms with Gasteiger partial charge in [0, 0.05) is 36.4 Å². The number of aromatic amines is 1. The zero-order chi connectivity index (χ0) is 21.3. The van der Waals surface area contributed by atoms with Gasteiger partial charge in [-0.3, -0.25) is 9.59 Å². The van der Waals surface area contributed by atoms with Gasteiger partial charge in [-0.25, -0.2) is 4.39 Å². The number of nitrogens with zero attached hydrogens (tertiary/aromatic N) is 2. The van der Waals surface area contributed by atoms with Crippen molar-refractivity contribution in [1.29, 1.82) is 0 Å². The number of pyridine rings is 1. The molecule has 1 saturated heterocycles. The molecule has 158 valence electrons. The van der Waals surface area contributed by atoms with Crippen LogP contribution in [-0.2, 0) is 13.1 Å². The Morgan fingerprint density at radius 3 is 2.90 bits per heavy atom. The molecular formula is C23H27FN4O2. The molecule has 1 amide bonds.